The molecule has 1 N–H and O–H groups in total. The van der Waals surface area contributed by atoms with E-state index in [4.69, 9.17) is 4.74 Å². The molecule has 1 aliphatic rings. The molecule has 1 heterocycles. The third kappa shape index (κ3) is 3.66. The second-order valence-electron chi connectivity index (χ2n) is 4.65. The standard InChI is InChI=1S/C13H21N3O/c1-3-6-15-12(10-4-5-10)7-11-8-14-9-13(16-11)17-2/h8-10,12,15H,3-7H2,1-2H3. The molecule has 0 spiro atoms. The quantitative estimate of drug-likeness (QED) is 0.783. The summed E-state index contributed by atoms with van der Waals surface area (Å²) in [4.78, 5) is 8.58. The lowest BCUT2D eigenvalue weighted by Gasteiger charge is -2.17. The molecule has 2 rings (SSSR count). The van der Waals surface area contributed by atoms with Crippen LogP contribution < -0.4 is 10.1 Å². The van der Waals surface area contributed by atoms with Crippen molar-refractivity contribution in [2.45, 2.75) is 38.6 Å². The van der Waals surface area contributed by atoms with Crippen LogP contribution in [0.4, 0.5) is 0 Å². The van der Waals surface area contributed by atoms with E-state index in [1.165, 1.54) is 19.3 Å². The average molecular weight is 235 g/mol. The summed E-state index contributed by atoms with van der Waals surface area (Å²) in [6.45, 7) is 3.28. The Morgan fingerprint density at radius 2 is 2.29 bits per heavy atom. The number of hydrogen-bond acceptors (Lipinski definition) is 4. The van der Waals surface area contributed by atoms with Crippen LogP contribution in [0.1, 0.15) is 31.9 Å². The molecular weight excluding hydrogens is 214 g/mol. The fourth-order valence-electron chi connectivity index (χ4n) is 2.04. The zero-order valence-corrected chi connectivity index (χ0v) is 10.6. The van der Waals surface area contributed by atoms with E-state index in [9.17, 15) is 0 Å². The summed E-state index contributed by atoms with van der Waals surface area (Å²) in [6.07, 6.45) is 8.31. The molecule has 1 aromatic rings. The highest BCUT2D eigenvalue weighted by atomic mass is 16.5. The van der Waals surface area contributed by atoms with Crippen molar-refractivity contribution in [3.05, 3.63) is 18.1 Å². The minimum atomic E-state index is 0.552. The summed E-state index contributed by atoms with van der Waals surface area (Å²) in [6, 6.07) is 0.552. The van der Waals surface area contributed by atoms with Gasteiger partial charge in [-0.25, -0.2) is 4.98 Å². The fraction of sp³-hybridized carbons (Fsp3) is 0.692. The number of rotatable bonds is 7. The number of aromatic nitrogens is 2. The van der Waals surface area contributed by atoms with E-state index >= 15 is 0 Å². The van der Waals surface area contributed by atoms with Gasteiger partial charge in [0, 0.05) is 18.7 Å². The maximum atomic E-state index is 5.10. The highest BCUT2D eigenvalue weighted by Gasteiger charge is 2.31. The highest BCUT2D eigenvalue weighted by Crippen LogP contribution is 2.33. The van der Waals surface area contributed by atoms with Crippen LogP contribution in [0.25, 0.3) is 0 Å². The largest absolute Gasteiger partial charge is 0.480 e. The molecule has 1 atom stereocenters. The molecule has 0 aromatic carbocycles. The van der Waals surface area contributed by atoms with Crippen LogP contribution in [-0.2, 0) is 6.42 Å². The molecule has 0 bridgehead atoms. The normalized spacial score (nSPS) is 16.8. The zero-order chi connectivity index (χ0) is 12.1. The Labute approximate surface area is 103 Å². The third-order valence-corrected chi connectivity index (χ3v) is 3.15. The van der Waals surface area contributed by atoms with Gasteiger partial charge in [0.25, 0.3) is 0 Å². The molecule has 1 aliphatic carbocycles. The van der Waals surface area contributed by atoms with Gasteiger partial charge in [-0.05, 0) is 31.7 Å². The van der Waals surface area contributed by atoms with Crippen molar-refractivity contribution in [2.24, 2.45) is 5.92 Å². The van der Waals surface area contributed by atoms with Gasteiger partial charge in [-0.3, -0.25) is 4.98 Å². The summed E-state index contributed by atoms with van der Waals surface area (Å²) >= 11 is 0. The van der Waals surface area contributed by atoms with Crippen molar-refractivity contribution in [3.8, 4) is 5.88 Å². The van der Waals surface area contributed by atoms with Crippen LogP contribution in [0, 0.1) is 5.92 Å². The van der Waals surface area contributed by atoms with E-state index in [1.54, 1.807) is 13.3 Å². The van der Waals surface area contributed by atoms with Gasteiger partial charge in [0.15, 0.2) is 0 Å². The Balaban J connectivity index is 1.95. The topological polar surface area (TPSA) is 47.0 Å². The Bertz CT molecular complexity index is 352. The minimum Gasteiger partial charge on any atom is -0.480 e. The summed E-state index contributed by atoms with van der Waals surface area (Å²) in [5.41, 5.74) is 1.02. The lowest BCUT2D eigenvalue weighted by molar-refractivity contribution is 0.390. The van der Waals surface area contributed by atoms with Crippen molar-refractivity contribution in [1.82, 2.24) is 15.3 Å². The Morgan fingerprint density at radius 3 is 2.94 bits per heavy atom. The molecule has 0 radical (unpaired) electrons. The number of nitrogens with one attached hydrogen (secondary N) is 1. The SMILES string of the molecule is CCCNC(Cc1cncc(OC)n1)C1CC1. The van der Waals surface area contributed by atoms with Gasteiger partial charge in [-0.2, -0.15) is 0 Å². The first-order valence-electron chi connectivity index (χ1n) is 6.41. The summed E-state index contributed by atoms with van der Waals surface area (Å²) in [7, 11) is 1.63. The summed E-state index contributed by atoms with van der Waals surface area (Å²) in [5.74, 6) is 1.43. The van der Waals surface area contributed by atoms with Gasteiger partial charge in [0.2, 0.25) is 5.88 Å². The van der Waals surface area contributed by atoms with E-state index in [-0.39, 0.29) is 0 Å². The van der Waals surface area contributed by atoms with Gasteiger partial charge in [-0.1, -0.05) is 6.92 Å². The summed E-state index contributed by atoms with van der Waals surface area (Å²) < 4.78 is 5.10. The smallest absolute Gasteiger partial charge is 0.232 e. The van der Waals surface area contributed by atoms with Crippen molar-refractivity contribution in [1.29, 1.82) is 0 Å². The molecule has 4 nitrogen and oxygen atoms in total. The molecule has 4 heteroatoms. The summed E-state index contributed by atoms with van der Waals surface area (Å²) in [5, 5.41) is 3.61. The van der Waals surface area contributed by atoms with Crippen LogP contribution in [0.3, 0.4) is 0 Å². The molecule has 0 aliphatic heterocycles. The first-order valence-corrected chi connectivity index (χ1v) is 6.41. The highest BCUT2D eigenvalue weighted by molar-refractivity contribution is 5.10. The predicted octanol–water partition coefficient (Wildman–Crippen LogP) is 1.81. The van der Waals surface area contributed by atoms with Crippen LogP contribution in [0.5, 0.6) is 5.88 Å². The molecule has 1 saturated carbocycles. The van der Waals surface area contributed by atoms with Crippen LogP contribution in [0.15, 0.2) is 12.4 Å². The van der Waals surface area contributed by atoms with Crippen LogP contribution in [0.2, 0.25) is 0 Å². The van der Waals surface area contributed by atoms with Gasteiger partial charge in [0.1, 0.15) is 0 Å². The number of methoxy groups -OCH3 is 1. The molecule has 1 fully saturated rings. The fourth-order valence-corrected chi connectivity index (χ4v) is 2.04. The molecule has 17 heavy (non-hydrogen) atoms. The van der Waals surface area contributed by atoms with E-state index in [0.29, 0.717) is 11.9 Å². The number of hydrogen-bond donors (Lipinski definition) is 1. The molecule has 94 valence electrons. The van der Waals surface area contributed by atoms with E-state index in [1.807, 2.05) is 6.20 Å². The van der Waals surface area contributed by atoms with E-state index in [2.05, 4.69) is 22.2 Å². The first-order chi connectivity index (χ1) is 8.33. The zero-order valence-electron chi connectivity index (χ0n) is 10.6. The van der Waals surface area contributed by atoms with E-state index < -0.39 is 0 Å². The predicted molar refractivity (Wildman–Crippen MR) is 67.1 cm³/mol. The third-order valence-electron chi connectivity index (χ3n) is 3.15. The number of nitrogens with zero attached hydrogens (tertiary/aromatic N) is 2. The Hall–Kier alpha value is -1.16. The second-order valence-corrected chi connectivity index (χ2v) is 4.65. The van der Waals surface area contributed by atoms with Gasteiger partial charge in [-0.15, -0.1) is 0 Å². The van der Waals surface area contributed by atoms with Crippen molar-refractivity contribution in [3.63, 3.8) is 0 Å². The van der Waals surface area contributed by atoms with Crippen LogP contribution >= 0.6 is 0 Å². The average Bonchev–Trinajstić information content (AvgIpc) is 3.19. The second kappa shape index (κ2) is 5.96. The van der Waals surface area contributed by atoms with Crippen molar-refractivity contribution < 1.29 is 4.74 Å². The molecule has 1 aromatic heterocycles. The Kier molecular flexibility index (Phi) is 4.31. The molecule has 0 amide bonds. The monoisotopic (exact) mass is 235 g/mol. The van der Waals surface area contributed by atoms with Crippen molar-refractivity contribution >= 4 is 0 Å². The Morgan fingerprint density at radius 1 is 1.47 bits per heavy atom. The lowest BCUT2D eigenvalue weighted by atomic mass is 10.1. The van der Waals surface area contributed by atoms with Crippen molar-refractivity contribution in [2.75, 3.05) is 13.7 Å². The molecule has 1 unspecified atom stereocenters. The maximum absolute atomic E-state index is 5.10. The molecule has 0 saturated heterocycles. The van der Waals surface area contributed by atoms with Gasteiger partial charge >= 0.3 is 0 Å². The first kappa shape index (κ1) is 12.3. The maximum Gasteiger partial charge on any atom is 0.232 e. The number of ether oxygens (including phenoxy) is 1. The van der Waals surface area contributed by atoms with Gasteiger partial charge < -0.3 is 10.1 Å². The minimum absolute atomic E-state index is 0.552. The lowest BCUT2D eigenvalue weighted by Crippen LogP contribution is -2.34. The molecular formula is C13H21N3O. The van der Waals surface area contributed by atoms with Gasteiger partial charge in [0.05, 0.1) is 19.0 Å². The van der Waals surface area contributed by atoms with Crippen LogP contribution in [-0.4, -0.2) is 29.7 Å². The van der Waals surface area contributed by atoms with E-state index in [0.717, 1.165) is 24.6 Å².